The number of piperidine rings is 1. The average molecular weight is 335 g/mol. The smallest absolute Gasteiger partial charge is 0.241 e. The predicted octanol–water partition coefficient (Wildman–Crippen LogP) is 2.09. The third-order valence-corrected chi connectivity index (χ3v) is 4.94. The van der Waals surface area contributed by atoms with E-state index >= 15 is 0 Å². The zero-order valence-electron chi connectivity index (χ0n) is 15.3. The number of ether oxygens (including phenoxy) is 2. The van der Waals surface area contributed by atoms with Crippen LogP contribution in [0.2, 0.25) is 0 Å². The number of hydrogen-bond donors (Lipinski definition) is 2. The summed E-state index contributed by atoms with van der Waals surface area (Å²) in [6, 6.07) is 5.28. The van der Waals surface area contributed by atoms with Gasteiger partial charge in [0, 0.05) is 25.2 Å². The third-order valence-electron chi connectivity index (χ3n) is 4.94. The molecule has 1 aromatic rings. The molecule has 1 aliphatic rings. The molecular formula is C18H29N3O3. The summed E-state index contributed by atoms with van der Waals surface area (Å²) in [5.41, 5.74) is 6.83. The van der Waals surface area contributed by atoms with Gasteiger partial charge >= 0.3 is 0 Å². The number of anilines is 1. The van der Waals surface area contributed by atoms with Gasteiger partial charge in [-0.1, -0.05) is 13.8 Å². The average Bonchev–Trinajstić information content (AvgIpc) is 2.56. The first-order chi connectivity index (χ1) is 11.3. The highest BCUT2D eigenvalue weighted by Gasteiger charge is 2.36. The lowest BCUT2D eigenvalue weighted by Gasteiger charge is -2.44. The van der Waals surface area contributed by atoms with Gasteiger partial charge in [0.2, 0.25) is 5.91 Å². The van der Waals surface area contributed by atoms with Crippen molar-refractivity contribution >= 4 is 11.6 Å². The summed E-state index contributed by atoms with van der Waals surface area (Å²) in [5, 5.41) is 2.96. The van der Waals surface area contributed by atoms with Crippen molar-refractivity contribution in [2.75, 3.05) is 32.6 Å². The maximum absolute atomic E-state index is 12.7. The fourth-order valence-corrected chi connectivity index (χ4v) is 3.05. The van der Waals surface area contributed by atoms with Gasteiger partial charge in [0.05, 0.1) is 25.9 Å². The molecule has 2 atom stereocenters. The number of likely N-dealkylation sites (tertiary alicyclic amines) is 1. The van der Waals surface area contributed by atoms with Crippen LogP contribution in [0, 0.1) is 5.41 Å². The number of nitrogens with one attached hydrogen (secondary N) is 1. The topological polar surface area (TPSA) is 76.8 Å². The van der Waals surface area contributed by atoms with E-state index in [2.05, 4.69) is 24.1 Å². The molecule has 1 aliphatic heterocycles. The molecule has 0 spiro atoms. The molecule has 1 fully saturated rings. The van der Waals surface area contributed by atoms with Gasteiger partial charge in [-0.25, -0.2) is 0 Å². The zero-order chi connectivity index (χ0) is 17.9. The number of rotatable bonds is 5. The Kier molecular flexibility index (Phi) is 5.72. The van der Waals surface area contributed by atoms with Crippen molar-refractivity contribution in [2.24, 2.45) is 11.1 Å². The molecule has 0 radical (unpaired) electrons. The number of methoxy groups -OCH3 is 2. The van der Waals surface area contributed by atoms with Gasteiger partial charge in [-0.2, -0.15) is 0 Å². The number of benzene rings is 1. The van der Waals surface area contributed by atoms with Crippen LogP contribution in [0.1, 0.15) is 27.2 Å². The highest BCUT2D eigenvalue weighted by atomic mass is 16.5. The van der Waals surface area contributed by atoms with Gasteiger partial charge in [-0.15, -0.1) is 0 Å². The highest BCUT2D eigenvalue weighted by molar-refractivity contribution is 5.96. The van der Waals surface area contributed by atoms with Crippen molar-refractivity contribution < 1.29 is 14.3 Å². The summed E-state index contributed by atoms with van der Waals surface area (Å²) in [6.45, 7) is 7.88. The normalized spacial score (nSPS) is 21.8. The minimum absolute atomic E-state index is 0.00456. The zero-order valence-corrected chi connectivity index (χ0v) is 15.3. The van der Waals surface area contributed by atoms with E-state index < -0.39 is 0 Å². The standard InChI is InChI=1S/C18H29N3O3/c1-12(21-9-8-16(19)18(2,3)11-21)17(22)20-14-7-6-13(23-4)10-15(14)24-5/h6-7,10,12,16H,8-9,11,19H2,1-5H3,(H,20,22). The molecule has 2 rings (SSSR count). The Morgan fingerprint density at radius 2 is 2.08 bits per heavy atom. The van der Waals surface area contributed by atoms with Crippen LogP contribution in [0.3, 0.4) is 0 Å². The van der Waals surface area contributed by atoms with Crippen molar-refractivity contribution in [3.8, 4) is 11.5 Å². The van der Waals surface area contributed by atoms with Gasteiger partial charge in [0.25, 0.3) is 0 Å². The lowest BCUT2D eigenvalue weighted by atomic mass is 9.79. The SMILES string of the molecule is COc1ccc(NC(=O)C(C)N2CCC(N)C(C)(C)C2)c(OC)c1. The van der Waals surface area contributed by atoms with Crippen LogP contribution in [0.5, 0.6) is 11.5 Å². The van der Waals surface area contributed by atoms with Crippen molar-refractivity contribution in [2.45, 2.75) is 39.3 Å². The molecule has 0 aliphatic carbocycles. The van der Waals surface area contributed by atoms with Crippen LogP contribution in [-0.4, -0.2) is 50.2 Å². The molecule has 0 saturated carbocycles. The molecule has 1 aromatic carbocycles. The second kappa shape index (κ2) is 7.40. The summed E-state index contributed by atoms with van der Waals surface area (Å²) in [7, 11) is 3.17. The van der Waals surface area contributed by atoms with Crippen LogP contribution in [0.15, 0.2) is 18.2 Å². The Morgan fingerprint density at radius 1 is 1.38 bits per heavy atom. The van der Waals surface area contributed by atoms with Crippen LogP contribution >= 0.6 is 0 Å². The van der Waals surface area contributed by atoms with Gasteiger partial charge in [0.1, 0.15) is 11.5 Å². The molecular weight excluding hydrogens is 306 g/mol. The first kappa shape index (κ1) is 18.5. The Morgan fingerprint density at radius 3 is 2.67 bits per heavy atom. The largest absolute Gasteiger partial charge is 0.497 e. The number of nitrogens with two attached hydrogens (primary N) is 1. The second-order valence-corrected chi connectivity index (χ2v) is 7.09. The van der Waals surface area contributed by atoms with Crippen LogP contribution in [0.4, 0.5) is 5.69 Å². The van der Waals surface area contributed by atoms with Gasteiger partial charge in [-0.05, 0) is 30.9 Å². The van der Waals surface area contributed by atoms with E-state index in [0.717, 1.165) is 19.5 Å². The van der Waals surface area contributed by atoms with Gasteiger partial charge in [0.15, 0.2) is 0 Å². The van der Waals surface area contributed by atoms with E-state index in [4.69, 9.17) is 15.2 Å². The lowest BCUT2D eigenvalue weighted by molar-refractivity contribution is -0.122. The Hall–Kier alpha value is -1.79. The van der Waals surface area contributed by atoms with Crippen molar-refractivity contribution in [1.29, 1.82) is 0 Å². The molecule has 6 nitrogen and oxygen atoms in total. The predicted molar refractivity (Wildman–Crippen MR) is 95.6 cm³/mol. The van der Waals surface area contributed by atoms with E-state index in [9.17, 15) is 4.79 Å². The molecule has 1 heterocycles. The van der Waals surface area contributed by atoms with E-state index in [1.807, 2.05) is 6.92 Å². The summed E-state index contributed by atoms with van der Waals surface area (Å²) in [4.78, 5) is 14.8. The molecule has 6 heteroatoms. The van der Waals surface area contributed by atoms with Crippen LogP contribution < -0.4 is 20.5 Å². The fourth-order valence-electron chi connectivity index (χ4n) is 3.05. The monoisotopic (exact) mass is 335 g/mol. The molecule has 134 valence electrons. The summed E-state index contributed by atoms with van der Waals surface area (Å²) in [5.74, 6) is 1.21. The van der Waals surface area contributed by atoms with Crippen molar-refractivity contribution in [1.82, 2.24) is 4.90 Å². The first-order valence-corrected chi connectivity index (χ1v) is 8.31. The Balaban J connectivity index is 2.07. The maximum atomic E-state index is 12.7. The molecule has 0 bridgehead atoms. The van der Waals surface area contributed by atoms with Crippen LogP contribution in [-0.2, 0) is 4.79 Å². The highest BCUT2D eigenvalue weighted by Crippen LogP contribution is 2.31. The van der Waals surface area contributed by atoms with Gasteiger partial charge in [-0.3, -0.25) is 9.69 Å². The molecule has 24 heavy (non-hydrogen) atoms. The van der Waals surface area contributed by atoms with E-state index in [1.165, 1.54) is 0 Å². The van der Waals surface area contributed by atoms with E-state index in [0.29, 0.717) is 17.2 Å². The van der Waals surface area contributed by atoms with Crippen LogP contribution in [0.25, 0.3) is 0 Å². The number of carbonyl (C=O) groups is 1. The minimum Gasteiger partial charge on any atom is -0.497 e. The quantitative estimate of drug-likeness (QED) is 0.862. The summed E-state index contributed by atoms with van der Waals surface area (Å²) in [6.07, 6.45) is 0.899. The number of amides is 1. The Bertz CT molecular complexity index is 589. The second-order valence-electron chi connectivity index (χ2n) is 7.09. The molecule has 0 aromatic heterocycles. The van der Waals surface area contributed by atoms with E-state index in [1.54, 1.807) is 32.4 Å². The number of carbonyl (C=O) groups excluding carboxylic acids is 1. The van der Waals surface area contributed by atoms with E-state index in [-0.39, 0.29) is 23.4 Å². The molecule has 3 N–H and O–H groups in total. The third kappa shape index (κ3) is 3.99. The summed E-state index contributed by atoms with van der Waals surface area (Å²) >= 11 is 0. The maximum Gasteiger partial charge on any atom is 0.241 e. The Labute approximate surface area is 144 Å². The number of hydrogen-bond acceptors (Lipinski definition) is 5. The minimum atomic E-state index is -0.233. The van der Waals surface area contributed by atoms with Crippen molar-refractivity contribution in [3.63, 3.8) is 0 Å². The first-order valence-electron chi connectivity index (χ1n) is 8.31. The number of nitrogens with zero attached hydrogens (tertiary/aromatic N) is 1. The molecule has 1 amide bonds. The fraction of sp³-hybridized carbons (Fsp3) is 0.611. The molecule has 2 unspecified atom stereocenters. The summed E-state index contributed by atoms with van der Waals surface area (Å²) < 4.78 is 10.5. The van der Waals surface area contributed by atoms with Crippen molar-refractivity contribution in [3.05, 3.63) is 18.2 Å². The lowest BCUT2D eigenvalue weighted by Crippen LogP contribution is -2.56. The van der Waals surface area contributed by atoms with Gasteiger partial charge < -0.3 is 20.5 Å². The molecule has 1 saturated heterocycles.